The van der Waals surface area contributed by atoms with Crippen LogP contribution in [0.25, 0.3) is 22.3 Å². The van der Waals surface area contributed by atoms with Crippen LogP contribution in [0.2, 0.25) is 0 Å². The van der Waals surface area contributed by atoms with Crippen molar-refractivity contribution in [3.63, 3.8) is 0 Å². The fraction of sp³-hybridized carbons (Fsp3) is 0.0270. The van der Waals surface area contributed by atoms with Gasteiger partial charge in [0.2, 0.25) is 0 Å². The molecule has 0 fully saturated rings. The predicted octanol–water partition coefficient (Wildman–Crippen LogP) is 9.73. The van der Waals surface area contributed by atoms with Gasteiger partial charge in [-0.15, -0.1) is 0 Å². The van der Waals surface area contributed by atoms with E-state index in [2.05, 4.69) is 12.1 Å². The molecule has 0 aliphatic rings. The Hall–Kier alpha value is -5.10. The van der Waals surface area contributed by atoms with Gasteiger partial charge in [-0.25, -0.2) is 9.13 Å². The lowest BCUT2D eigenvalue weighted by molar-refractivity contribution is 0.289. The van der Waals surface area contributed by atoms with Gasteiger partial charge in [0.05, 0.1) is 0 Å². The summed E-state index contributed by atoms with van der Waals surface area (Å²) in [5.74, 6) is 0.876. The van der Waals surface area contributed by atoms with E-state index in [0.29, 0.717) is 6.42 Å². The van der Waals surface area contributed by atoms with Crippen LogP contribution in [0.3, 0.4) is 0 Å². The van der Waals surface area contributed by atoms with Gasteiger partial charge in [-0.3, -0.25) is 9.79 Å². The van der Waals surface area contributed by atoms with Gasteiger partial charge in [0.1, 0.15) is 23.0 Å². The van der Waals surface area contributed by atoms with Crippen LogP contribution in [-0.2, 0) is 15.6 Å². The first-order valence-corrected chi connectivity index (χ1v) is 17.6. The molecule has 6 aromatic rings. The van der Waals surface area contributed by atoms with Crippen molar-refractivity contribution in [2.45, 2.75) is 6.42 Å². The molecule has 6 rings (SSSR count). The van der Waals surface area contributed by atoms with Crippen molar-refractivity contribution in [1.82, 2.24) is 0 Å². The van der Waals surface area contributed by atoms with Gasteiger partial charge in [-0.2, -0.15) is 0 Å². The van der Waals surface area contributed by atoms with Crippen molar-refractivity contribution in [2.24, 2.45) is 0 Å². The molecule has 10 heteroatoms. The highest BCUT2D eigenvalue weighted by Crippen LogP contribution is 2.46. The standard InChI is InChI=1S/C37H30O8P2/c38-46(39,42-32-13-3-1-4-14-32)44-34-23-19-28(20-24-34)36-17-9-7-11-30(36)27-31-12-8-10-18-37(31)29-21-25-35(26-22-29)45-47(40,41)43-33-15-5-2-6-16-33/h1-26H,27H2,(H,38,39)(H,40,41). The third-order valence-corrected chi connectivity index (χ3v) is 8.88. The lowest BCUT2D eigenvalue weighted by Gasteiger charge is -2.16. The molecule has 236 valence electrons. The molecule has 2 N–H and O–H groups in total. The van der Waals surface area contributed by atoms with Crippen molar-refractivity contribution in [1.29, 1.82) is 0 Å². The molecule has 0 heterocycles. The van der Waals surface area contributed by atoms with Gasteiger partial charge in [-0.1, -0.05) is 109 Å². The van der Waals surface area contributed by atoms with Crippen LogP contribution in [0.5, 0.6) is 23.0 Å². The Morgan fingerprint density at radius 1 is 0.383 bits per heavy atom. The van der Waals surface area contributed by atoms with E-state index in [-0.39, 0.29) is 23.0 Å². The van der Waals surface area contributed by atoms with Gasteiger partial charge in [0.25, 0.3) is 0 Å². The number of hydrogen-bond acceptors (Lipinski definition) is 6. The van der Waals surface area contributed by atoms with E-state index in [0.717, 1.165) is 33.4 Å². The van der Waals surface area contributed by atoms with Crippen molar-refractivity contribution in [2.75, 3.05) is 0 Å². The molecule has 0 saturated heterocycles. The lowest BCUT2D eigenvalue weighted by atomic mass is 9.91. The minimum Gasteiger partial charge on any atom is -0.395 e. The fourth-order valence-electron chi connectivity index (χ4n) is 5.04. The van der Waals surface area contributed by atoms with E-state index in [1.165, 1.54) is 0 Å². The molecule has 0 bridgehead atoms. The summed E-state index contributed by atoms with van der Waals surface area (Å²) in [6.45, 7) is 0. The fourth-order valence-corrected chi connectivity index (χ4v) is 6.67. The molecule has 0 amide bonds. The van der Waals surface area contributed by atoms with Crippen LogP contribution in [0, 0.1) is 0 Å². The zero-order valence-corrected chi connectivity index (χ0v) is 26.7. The summed E-state index contributed by atoms with van der Waals surface area (Å²) in [7, 11) is -8.76. The molecule has 8 nitrogen and oxygen atoms in total. The van der Waals surface area contributed by atoms with Crippen molar-refractivity contribution in [3.05, 3.63) is 169 Å². The van der Waals surface area contributed by atoms with Gasteiger partial charge in [-0.05, 0) is 88.3 Å². The Morgan fingerprint density at radius 3 is 1.04 bits per heavy atom. The molecule has 0 spiro atoms. The van der Waals surface area contributed by atoms with Crippen LogP contribution in [0.1, 0.15) is 11.1 Å². The monoisotopic (exact) mass is 664 g/mol. The first-order chi connectivity index (χ1) is 22.7. The minimum absolute atomic E-state index is 0.204. The summed E-state index contributed by atoms with van der Waals surface area (Å²) in [6.07, 6.45) is 0.621. The van der Waals surface area contributed by atoms with E-state index in [1.807, 2.05) is 60.7 Å². The average Bonchev–Trinajstić information content (AvgIpc) is 3.06. The van der Waals surface area contributed by atoms with Crippen molar-refractivity contribution < 1.29 is 37.0 Å². The maximum atomic E-state index is 12.5. The first kappa shape index (κ1) is 31.9. The quantitative estimate of drug-likeness (QED) is 0.124. The second-order valence-corrected chi connectivity index (χ2v) is 13.1. The Balaban J connectivity index is 1.17. The highest BCUT2D eigenvalue weighted by atomic mass is 31.2. The molecule has 47 heavy (non-hydrogen) atoms. The minimum atomic E-state index is -4.38. The zero-order chi connectivity index (χ0) is 32.7. The summed E-state index contributed by atoms with van der Waals surface area (Å²) in [6, 6.07) is 46.6. The van der Waals surface area contributed by atoms with E-state index >= 15 is 0 Å². The van der Waals surface area contributed by atoms with Crippen LogP contribution >= 0.6 is 15.6 Å². The molecule has 0 aliphatic carbocycles. The molecule has 6 aromatic carbocycles. The van der Waals surface area contributed by atoms with Gasteiger partial charge in [0, 0.05) is 0 Å². The number of rotatable bonds is 12. The average molecular weight is 665 g/mol. The van der Waals surface area contributed by atoms with Crippen molar-refractivity contribution >= 4 is 15.6 Å². The summed E-state index contributed by atoms with van der Waals surface area (Å²) >= 11 is 0. The maximum Gasteiger partial charge on any atom is 0.584 e. The largest absolute Gasteiger partial charge is 0.584 e. The summed E-state index contributed by atoms with van der Waals surface area (Å²) in [4.78, 5) is 20.5. The number of phosphoric acid groups is 2. The van der Waals surface area contributed by atoms with E-state index < -0.39 is 15.6 Å². The second-order valence-electron chi connectivity index (χ2n) is 10.5. The van der Waals surface area contributed by atoms with Crippen LogP contribution < -0.4 is 18.1 Å². The number of para-hydroxylation sites is 2. The SMILES string of the molecule is O=P(O)(Oc1ccccc1)Oc1ccc(-c2ccccc2Cc2ccccc2-c2ccc(OP(=O)(O)Oc3ccccc3)cc2)cc1. The third-order valence-electron chi connectivity index (χ3n) is 7.12. The van der Waals surface area contributed by atoms with Gasteiger partial charge < -0.3 is 18.1 Å². The Kier molecular flexibility index (Phi) is 9.58. The molecular weight excluding hydrogens is 634 g/mol. The second kappa shape index (κ2) is 14.1. The van der Waals surface area contributed by atoms with E-state index in [1.54, 1.807) is 84.9 Å². The number of benzene rings is 6. The van der Waals surface area contributed by atoms with Gasteiger partial charge in [0.15, 0.2) is 0 Å². The molecular formula is C37H30O8P2. The maximum absolute atomic E-state index is 12.5. The normalized spacial score (nSPS) is 13.5. The Labute approximate surface area is 272 Å². The smallest absolute Gasteiger partial charge is 0.395 e. The van der Waals surface area contributed by atoms with Gasteiger partial charge >= 0.3 is 15.6 Å². The van der Waals surface area contributed by atoms with E-state index in [4.69, 9.17) is 18.1 Å². The lowest BCUT2D eigenvalue weighted by Crippen LogP contribution is -2.00. The molecule has 0 radical (unpaired) electrons. The number of phosphoric ester groups is 2. The number of hydrogen-bond donors (Lipinski definition) is 2. The zero-order valence-electron chi connectivity index (χ0n) is 25.0. The molecule has 2 atom stereocenters. The molecule has 0 aromatic heterocycles. The summed E-state index contributed by atoms with van der Waals surface area (Å²) < 4.78 is 46.0. The first-order valence-electron chi connectivity index (χ1n) is 14.6. The van der Waals surface area contributed by atoms with Crippen LogP contribution in [0.15, 0.2) is 158 Å². The van der Waals surface area contributed by atoms with Crippen LogP contribution in [0.4, 0.5) is 0 Å². The predicted molar refractivity (Wildman–Crippen MR) is 182 cm³/mol. The summed E-state index contributed by atoms with van der Waals surface area (Å²) in [5.41, 5.74) is 5.98. The topological polar surface area (TPSA) is 112 Å². The highest BCUT2D eigenvalue weighted by molar-refractivity contribution is 7.48. The third kappa shape index (κ3) is 8.59. The Morgan fingerprint density at radius 2 is 0.681 bits per heavy atom. The van der Waals surface area contributed by atoms with E-state index in [9.17, 15) is 18.9 Å². The molecule has 2 unspecified atom stereocenters. The highest BCUT2D eigenvalue weighted by Gasteiger charge is 2.26. The van der Waals surface area contributed by atoms with Crippen molar-refractivity contribution in [3.8, 4) is 45.3 Å². The Bertz CT molecular complexity index is 1890. The van der Waals surface area contributed by atoms with Crippen LogP contribution in [-0.4, -0.2) is 9.79 Å². The molecule has 0 saturated carbocycles. The molecule has 0 aliphatic heterocycles. The summed E-state index contributed by atoms with van der Waals surface area (Å²) in [5, 5.41) is 0.